The van der Waals surface area contributed by atoms with Gasteiger partial charge in [0.15, 0.2) is 0 Å². The number of hydrogen-bond donors (Lipinski definition) is 1. The topological polar surface area (TPSA) is 66.5 Å². The van der Waals surface area contributed by atoms with Crippen molar-refractivity contribution < 1.29 is 13.2 Å². The van der Waals surface area contributed by atoms with Crippen LogP contribution in [0, 0.1) is 0 Å². The van der Waals surface area contributed by atoms with Gasteiger partial charge in [0.2, 0.25) is 5.91 Å². The minimum Gasteiger partial charge on any atom is -0.312 e. The molecule has 0 aliphatic carbocycles. The zero-order chi connectivity index (χ0) is 17.8. The van der Waals surface area contributed by atoms with Gasteiger partial charge in [0.1, 0.15) is 0 Å². The molecule has 0 saturated heterocycles. The highest BCUT2D eigenvalue weighted by Crippen LogP contribution is 2.38. The Morgan fingerprint density at radius 3 is 2.56 bits per heavy atom. The molecule has 0 saturated carbocycles. The van der Waals surface area contributed by atoms with E-state index >= 15 is 0 Å². The fourth-order valence-electron chi connectivity index (χ4n) is 3.38. The van der Waals surface area contributed by atoms with Gasteiger partial charge in [0.05, 0.1) is 32.7 Å². The quantitative estimate of drug-likeness (QED) is 0.860. The van der Waals surface area contributed by atoms with E-state index in [1.54, 1.807) is 23.1 Å². The predicted molar refractivity (Wildman–Crippen MR) is 98.1 cm³/mol. The summed E-state index contributed by atoms with van der Waals surface area (Å²) in [6, 6.07) is 7.79. The molecule has 25 heavy (non-hydrogen) atoms. The maximum Gasteiger partial charge on any atom is 0.261 e. The van der Waals surface area contributed by atoms with Gasteiger partial charge < -0.3 is 4.90 Å². The van der Waals surface area contributed by atoms with Crippen LogP contribution in [0.15, 0.2) is 35.2 Å². The predicted octanol–water partition coefficient (Wildman–Crippen LogP) is 3.63. The second-order valence-corrected chi connectivity index (χ2v) is 8.65. The number of hydrogen-bond acceptors (Lipinski definition) is 3. The van der Waals surface area contributed by atoms with Crippen molar-refractivity contribution in [2.45, 2.75) is 24.2 Å². The van der Waals surface area contributed by atoms with Crippen LogP contribution in [0.2, 0.25) is 10.0 Å². The van der Waals surface area contributed by atoms with Crippen LogP contribution in [0.25, 0.3) is 0 Å². The first-order chi connectivity index (χ1) is 11.8. The van der Waals surface area contributed by atoms with Crippen LogP contribution < -0.4 is 9.62 Å². The van der Waals surface area contributed by atoms with E-state index in [1.807, 2.05) is 0 Å². The molecule has 0 unspecified atom stereocenters. The first-order valence-corrected chi connectivity index (χ1v) is 10.0. The van der Waals surface area contributed by atoms with Crippen LogP contribution >= 0.6 is 23.2 Å². The summed E-state index contributed by atoms with van der Waals surface area (Å²) in [5.74, 6) is 0.0305. The molecule has 0 aromatic heterocycles. The molecule has 1 N–H and O–H groups in total. The van der Waals surface area contributed by atoms with E-state index in [1.165, 1.54) is 12.1 Å². The molecule has 0 atom stereocenters. The number of carbonyl (C=O) groups is 1. The van der Waals surface area contributed by atoms with Crippen molar-refractivity contribution in [1.82, 2.24) is 0 Å². The number of nitrogens with zero attached hydrogens (tertiary/aromatic N) is 1. The smallest absolute Gasteiger partial charge is 0.261 e. The lowest BCUT2D eigenvalue weighted by atomic mass is 10.0. The summed E-state index contributed by atoms with van der Waals surface area (Å²) in [5.41, 5.74) is 2.91. The molecule has 2 aliphatic heterocycles. The van der Waals surface area contributed by atoms with Crippen molar-refractivity contribution >= 4 is 50.5 Å². The summed E-state index contributed by atoms with van der Waals surface area (Å²) >= 11 is 11.8. The molecule has 5 nitrogen and oxygen atoms in total. The number of halogens is 2. The van der Waals surface area contributed by atoms with Gasteiger partial charge in [-0.2, -0.15) is 0 Å². The van der Waals surface area contributed by atoms with Crippen molar-refractivity contribution in [3.05, 3.63) is 51.5 Å². The van der Waals surface area contributed by atoms with Crippen LogP contribution in [0.3, 0.4) is 0 Å². The van der Waals surface area contributed by atoms with Crippen molar-refractivity contribution in [2.24, 2.45) is 0 Å². The number of anilines is 2. The highest BCUT2D eigenvalue weighted by molar-refractivity contribution is 7.92. The number of aryl methyl sites for hydroxylation is 1. The molecule has 0 spiro atoms. The summed E-state index contributed by atoms with van der Waals surface area (Å²) in [6.07, 6.45) is 1.85. The average molecular weight is 397 g/mol. The normalized spacial score (nSPS) is 16.1. The van der Waals surface area contributed by atoms with Crippen LogP contribution in [-0.4, -0.2) is 20.9 Å². The maximum atomic E-state index is 12.8. The Bertz CT molecular complexity index is 1010. The molecule has 0 fully saturated rings. The van der Waals surface area contributed by atoms with Crippen molar-refractivity contribution in [2.75, 3.05) is 16.2 Å². The summed E-state index contributed by atoms with van der Waals surface area (Å²) in [5, 5.41) is 0.623. The zero-order valence-electron chi connectivity index (χ0n) is 13.1. The third kappa shape index (κ3) is 2.88. The Hall–Kier alpha value is -1.76. The van der Waals surface area contributed by atoms with Gasteiger partial charge >= 0.3 is 0 Å². The van der Waals surface area contributed by atoms with Crippen LogP contribution in [-0.2, 0) is 27.7 Å². The third-order valence-electron chi connectivity index (χ3n) is 4.46. The SMILES string of the molecule is O=C1Cc2cc(S(=O)(=O)Nc3ccc(Cl)c(Cl)c3)cc3c2N1CCC3. The average Bonchev–Trinajstić information content (AvgIpc) is 2.88. The lowest BCUT2D eigenvalue weighted by Crippen LogP contribution is -2.31. The molecular formula is C17H14Cl2N2O3S. The molecule has 4 rings (SSSR count). The highest BCUT2D eigenvalue weighted by Gasteiger charge is 2.33. The van der Waals surface area contributed by atoms with Gasteiger partial charge in [-0.15, -0.1) is 0 Å². The summed E-state index contributed by atoms with van der Waals surface area (Å²) in [4.78, 5) is 14.0. The molecule has 2 aromatic rings. The van der Waals surface area contributed by atoms with Gasteiger partial charge in [-0.1, -0.05) is 23.2 Å². The molecule has 130 valence electrons. The molecule has 2 aromatic carbocycles. The van der Waals surface area contributed by atoms with E-state index in [4.69, 9.17) is 23.2 Å². The van der Waals surface area contributed by atoms with Crippen LogP contribution in [0.1, 0.15) is 17.5 Å². The monoisotopic (exact) mass is 396 g/mol. The highest BCUT2D eigenvalue weighted by atomic mass is 35.5. The Balaban J connectivity index is 1.73. The zero-order valence-corrected chi connectivity index (χ0v) is 15.4. The third-order valence-corrected chi connectivity index (χ3v) is 6.56. The number of amides is 1. The lowest BCUT2D eigenvalue weighted by Gasteiger charge is -2.26. The molecule has 8 heteroatoms. The minimum atomic E-state index is -3.79. The standard InChI is InChI=1S/C17H14Cl2N2O3S/c18-14-4-3-12(9-15(14)19)20-25(23,24)13-6-10-2-1-5-21-16(22)8-11(7-13)17(10)21/h3-4,6-7,9,20H,1-2,5,8H2. The number of benzene rings is 2. The summed E-state index contributed by atoms with van der Waals surface area (Å²) in [6.45, 7) is 0.701. The molecule has 2 aliphatic rings. The Morgan fingerprint density at radius 2 is 1.80 bits per heavy atom. The first-order valence-electron chi connectivity index (χ1n) is 7.79. The molecule has 1 amide bonds. The summed E-state index contributed by atoms with van der Waals surface area (Å²) < 4.78 is 28.0. The number of nitrogens with one attached hydrogen (secondary N) is 1. The molecule has 0 bridgehead atoms. The Kier molecular flexibility index (Phi) is 3.94. The Labute approximate surface area is 155 Å². The molecular weight excluding hydrogens is 383 g/mol. The molecule has 0 radical (unpaired) electrons. The largest absolute Gasteiger partial charge is 0.312 e. The molecule has 2 heterocycles. The second kappa shape index (κ2) is 5.90. The van der Waals surface area contributed by atoms with Crippen molar-refractivity contribution in [3.8, 4) is 0 Å². The van der Waals surface area contributed by atoms with E-state index in [9.17, 15) is 13.2 Å². The van der Waals surface area contributed by atoms with Gasteiger partial charge in [0.25, 0.3) is 10.0 Å². The van der Waals surface area contributed by atoms with Gasteiger partial charge in [-0.05, 0) is 54.3 Å². The van der Waals surface area contributed by atoms with Crippen LogP contribution in [0.5, 0.6) is 0 Å². The van der Waals surface area contributed by atoms with E-state index in [-0.39, 0.29) is 22.2 Å². The maximum absolute atomic E-state index is 12.8. The Morgan fingerprint density at radius 1 is 1.04 bits per heavy atom. The van der Waals surface area contributed by atoms with E-state index in [0.29, 0.717) is 17.3 Å². The van der Waals surface area contributed by atoms with Crippen molar-refractivity contribution in [3.63, 3.8) is 0 Å². The van der Waals surface area contributed by atoms with E-state index in [2.05, 4.69) is 4.72 Å². The fraction of sp³-hybridized carbons (Fsp3) is 0.235. The van der Waals surface area contributed by atoms with E-state index in [0.717, 1.165) is 29.7 Å². The number of carbonyl (C=O) groups excluding carboxylic acids is 1. The van der Waals surface area contributed by atoms with Crippen LogP contribution in [0.4, 0.5) is 11.4 Å². The second-order valence-electron chi connectivity index (χ2n) is 6.15. The number of sulfonamides is 1. The number of rotatable bonds is 3. The van der Waals surface area contributed by atoms with Crippen molar-refractivity contribution in [1.29, 1.82) is 0 Å². The lowest BCUT2D eigenvalue weighted by molar-refractivity contribution is -0.117. The summed E-state index contributed by atoms with van der Waals surface area (Å²) in [7, 11) is -3.79. The fourth-order valence-corrected chi connectivity index (χ4v) is 4.82. The van der Waals surface area contributed by atoms with Gasteiger partial charge in [-0.3, -0.25) is 9.52 Å². The first kappa shape index (κ1) is 16.7. The van der Waals surface area contributed by atoms with Gasteiger partial charge in [0, 0.05) is 6.54 Å². The van der Waals surface area contributed by atoms with E-state index < -0.39 is 10.0 Å². The van der Waals surface area contributed by atoms with Gasteiger partial charge in [-0.25, -0.2) is 8.42 Å². The minimum absolute atomic E-state index is 0.0305.